The van der Waals surface area contributed by atoms with Crippen LogP contribution in [-0.2, 0) is 6.54 Å². The van der Waals surface area contributed by atoms with Gasteiger partial charge in [0.15, 0.2) is 16.7 Å². The molecule has 0 fully saturated rings. The molecule has 2 N–H and O–H groups in total. The van der Waals surface area contributed by atoms with Crippen molar-refractivity contribution in [3.05, 3.63) is 69.7 Å². The van der Waals surface area contributed by atoms with Crippen LogP contribution in [0.1, 0.15) is 15.9 Å². The van der Waals surface area contributed by atoms with Gasteiger partial charge in [0.1, 0.15) is 10.2 Å². The highest BCUT2D eigenvalue weighted by molar-refractivity contribution is 8.00. The van der Waals surface area contributed by atoms with Gasteiger partial charge < -0.3 is 14.8 Å². The SMILES string of the molecule is O=C(NCc1ccc(OC(F)(F)F)c(F)c1)c1ccc(SNc2ncc(Cl)s2)c(F)c1. The number of aromatic nitrogens is 1. The van der Waals surface area contributed by atoms with Crippen LogP contribution in [0.15, 0.2) is 47.5 Å². The van der Waals surface area contributed by atoms with Gasteiger partial charge in [-0.05, 0) is 47.8 Å². The smallest absolute Gasteiger partial charge is 0.403 e. The molecule has 164 valence electrons. The molecule has 13 heteroatoms. The van der Waals surface area contributed by atoms with Crippen LogP contribution in [0.5, 0.6) is 5.75 Å². The summed E-state index contributed by atoms with van der Waals surface area (Å²) in [6, 6.07) is 6.57. The average Bonchev–Trinajstić information content (AvgIpc) is 3.11. The molecule has 1 aromatic heterocycles. The van der Waals surface area contributed by atoms with Gasteiger partial charge in [-0.2, -0.15) is 0 Å². The zero-order valence-electron chi connectivity index (χ0n) is 15.1. The highest BCUT2D eigenvalue weighted by Crippen LogP contribution is 2.29. The van der Waals surface area contributed by atoms with Crippen molar-refractivity contribution >= 4 is 45.9 Å². The predicted octanol–water partition coefficient (Wildman–Crippen LogP) is 6.02. The Hall–Kier alpha value is -2.57. The Balaban J connectivity index is 1.58. The number of hydrogen-bond donors (Lipinski definition) is 2. The molecule has 2 aromatic carbocycles. The molecule has 0 aliphatic rings. The number of alkyl halides is 3. The number of ether oxygens (including phenoxy) is 1. The minimum Gasteiger partial charge on any atom is -0.403 e. The molecular weight excluding hydrogens is 485 g/mol. The van der Waals surface area contributed by atoms with Crippen LogP contribution in [0.25, 0.3) is 0 Å². The van der Waals surface area contributed by atoms with Crippen LogP contribution in [-0.4, -0.2) is 17.3 Å². The first-order valence-electron chi connectivity index (χ1n) is 8.27. The van der Waals surface area contributed by atoms with E-state index in [2.05, 4.69) is 19.8 Å². The lowest BCUT2D eigenvalue weighted by molar-refractivity contribution is -0.275. The summed E-state index contributed by atoms with van der Waals surface area (Å²) in [5.74, 6) is -3.52. The van der Waals surface area contributed by atoms with Gasteiger partial charge in [0, 0.05) is 12.1 Å². The Morgan fingerprint density at radius 3 is 2.55 bits per heavy atom. The van der Waals surface area contributed by atoms with Crippen LogP contribution < -0.4 is 14.8 Å². The number of rotatable bonds is 7. The van der Waals surface area contributed by atoms with Gasteiger partial charge in [-0.3, -0.25) is 4.79 Å². The lowest BCUT2D eigenvalue weighted by Gasteiger charge is -2.11. The Kier molecular flexibility index (Phi) is 7.23. The molecule has 1 heterocycles. The van der Waals surface area contributed by atoms with E-state index in [1.807, 2.05) is 0 Å². The van der Waals surface area contributed by atoms with Gasteiger partial charge in [0.2, 0.25) is 0 Å². The number of carbonyl (C=O) groups excluding carboxylic acids is 1. The molecule has 0 aliphatic carbocycles. The number of nitrogens with zero attached hydrogens (tertiary/aromatic N) is 1. The molecule has 0 aliphatic heterocycles. The Bertz CT molecular complexity index is 1090. The van der Waals surface area contributed by atoms with Crippen molar-refractivity contribution in [2.45, 2.75) is 17.8 Å². The van der Waals surface area contributed by atoms with Crippen molar-refractivity contribution in [2.75, 3.05) is 4.72 Å². The topological polar surface area (TPSA) is 63.2 Å². The Labute approximate surface area is 185 Å². The van der Waals surface area contributed by atoms with Crippen molar-refractivity contribution in [2.24, 2.45) is 0 Å². The van der Waals surface area contributed by atoms with E-state index in [4.69, 9.17) is 11.6 Å². The summed E-state index contributed by atoms with van der Waals surface area (Å²) in [6.45, 7) is -0.188. The molecule has 5 nitrogen and oxygen atoms in total. The van der Waals surface area contributed by atoms with Crippen molar-refractivity contribution in [1.29, 1.82) is 0 Å². The molecule has 0 saturated carbocycles. The van der Waals surface area contributed by atoms with E-state index in [1.165, 1.54) is 35.7 Å². The minimum absolute atomic E-state index is 0.0108. The molecule has 0 atom stereocenters. The second-order valence-electron chi connectivity index (χ2n) is 5.81. The van der Waals surface area contributed by atoms with Crippen LogP contribution in [0.2, 0.25) is 4.34 Å². The fourth-order valence-corrected chi connectivity index (χ4v) is 3.77. The third kappa shape index (κ3) is 6.71. The van der Waals surface area contributed by atoms with E-state index in [0.29, 0.717) is 9.47 Å². The second kappa shape index (κ2) is 9.71. The summed E-state index contributed by atoms with van der Waals surface area (Å²) < 4.78 is 71.3. The van der Waals surface area contributed by atoms with Gasteiger partial charge in [-0.15, -0.1) is 13.2 Å². The molecular formula is C18H11ClF5N3O2S2. The van der Waals surface area contributed by atoms with E-state index in [0.717, 1.165) is 30.1 Å². The minimum atomic E-state index is -5.02. The van der Waals surface area contributed by atoms with E-state index in [-0.39, 0.29) is 22.6 Å². The Morgan fingerprint density at radius 1 is 1.16 bits per heavy atom. The molecule has 0 saturated heterocycles. The lowest BCUT2D eigenvalue weighted by Crippen LogP contribution is -2.23. The van der Waals surface area contributed by atoms with Gasteiger partial charge >= 0.3 is 6.36 Å². The third-order valence-electron chi connectivity index (χ3n) is 3.59. The number of carbonyl (C=O) groups is 1. The summed E-state index contributed by atoms with van der Waals surface area (Å²) in [6.07, 6.45) is -3.57. The normalized spacial score (nSPS) is 11.3. The molecule has 0 radical (unpaired) electrons. The average molecular weight is 496 g/mol. The van der Waals surface area contributed by atoms with Crippen molar-refractivity contribution < 1.29 is 31.5 Å². The number of thiazole rings is 1. The van der Waals surface area contributed by atoms with Crippen molar-refractivity contribution in [3.63, 3.8) is 0 Å². The van der Waals surface area contributed by atoms with Crippen LogP contribution in [0, 0.1) is 11.6 Å². The zero-order valence-corrected chi connectivity index (χ0v) is 17.5. The first kappa shape index (κ1) is 23.1. The van der Waals surface area contributed by atoms with E-state index >= 15 is 0 Å². The van der Waals surface area contributed by atoms with Gasteiger partial charge in [0.25, 0.3) is 5.91 Å². The standard InChI is InChI=1S/C18H11ClF5N3O2S2/c19-15-8-26-17(30-15)27-31-14-4-2-10(6-12(14)21)16(28)25-7-9-1-3-13(11(20)5-9)29-18(22,23)24/h1-6,8H,7H2,(H,25,28)(H,26,27). The monoisotopic (exact) mass is 495 g/mol. The zero-order chi connectivity index (χ0) is 22.6. The first-order valence-corrected chi connectivity index (χ1v) is 10.3. The molecule has 3 rings (SSSR count). The molecule has 31 heavy (non-hydrogen) atoms. The molecule has 0 bridgehead atoms. The van der Waals surface area contributed by atoms with Gasteiger partial charge in [-0.1, -0.05) is 29.0 Å². The highest BCUT2D eigenvalue weighted by Gasteiger charge is 2.32. The largest absolute Gasteiger partial charge is 0.573 e. The van der Waals surface area contributed by atoms with E-state index < -0.39 is 29.7 Å². The predicted molar refractivity (Wildman–Crippen MR) is 107 cm³/mol. The van der Waals surface area contributed by atoms with Crippen molar-refractivity contribution in [3.8, 4) is 5.75 Å². The molecule has 1 amide bonds. The number of anilines is 1. The number of benzene rings is 2. The summed E-state index contributed by atoms with van der Waals surface area (Å²) in [7, 11) is 0. The number of nitrogens with one attached hydrogen (secondary N) is 2. The third-order valence-corrected chi connectivity index (χ3v) is 5.60. The lowest BCUT2D eigenvalue weighted by atomic mass is 10.1. The molecule has 3 aromatic rings. The van der Waals surface area contributed by atoms with Gasteiger partial charge in [0.05, 0.1) is 11.1 Å². The molecule has 0 spiro atoms. The van der Waals surface area contributed by atoms with Crippen LogP contribution in [0.4, 0.5) is 27.1 Å². The fraction of sp³-hybridized carbons (Fsp3) is 0.111. The van der Waals surface area contributed by atoms with Crippen molar-refractivity contribution in [1.82, 2.24) is 10.3 Å². The summed E-state index contributed by atoms with van der Waals surface area (Å²) in [5, 5.41) is 2.92. The second-order valence-corrected chi connectivity index (χ2v) is 8.32. The summed E-state index contributed by atoms with van der Waals surface area (Å²) >= 11 is 7.89. The maximum absolute atomic E-state index is 14.3. The highest BCUT2D eigenvalue weighted by atomic mass is 35.5. The Morgan fingerprint density at radius 2 is 1.94 bits per heavy atom. The molecule has 0 unspecified atom stereocenters. The fourth-order valence-electron chi connectivity index (χ4n) is 2.27. The van der Waals surface area contributed by atoms with Crippen LogP contribution in [0.3, 0.4) is 0 Å². The summed E-state index contributed by atoms with van der Waals surface area (Å²) in [5.41, 5.74) is 0.205. The van der Waals surface area contributed by atoms with E-state index in [9.17, 15) is 26.7 Å². The van der Waals surface area contributed by atoms with Gasteiger partial charge in [-0.25, -0.2) is 13.8 Å². The maximum atomic E-state index is 14.3. The number of hydrogen-bond acceptors (Lipinski definition) is 6. The van der Waals surface area contributed by atoms with E-state index in [1.54, 1.807) is 0 Å². The summed E-state index contributed by atoms with van der Waals surface area (Å²) in [4.78, 5) is 16.4. The quantitative estimate of drug-likeness (QED) is 0.310. The number of amides is 1. The van der Waals surface area contributed by atoms with Crippen LogP contribution >= 0.6 is 34.9 Å². The first-order chi connectivity index (χ1) is 14.6. The number of halogens is 6. The maximum Gasteiger partial charge on any atom is 0.573 e.